The Morgan fingerprint density at radius 1 is 1.23 bits per heavy atom. The van der Waals surface area contributed by atoms with Crippen molar-refractivity contribution in [3.05, 3.63) is 69.6 Å². The molecule has 0 unspecified atom stereocenters. The largest absolute Gasteiger partial charge is 0.496 e. The van der Waals surface area contributed by atoms with Gasteiger partial charge in [-0.15, -0.1) is 11.3 Å². The molecule has 0 saturated heterocycles. The number of benzene rings is 2. The summed E-state index contributed by atoms with van der Waals surface area (Å²) in [4.78, 5) is 11.1. The van der Waals surface area contributed by atoms with Crippen molar-refractivity contribution in [2.45, 2.75) is 61.8 Å². The van der Waals surface area contributed by atoms with Gasteiger partial charge >= 0.3 is 5.97 Å². The summed E-state index contributed by atoms with van der Waals surface area (Å²) in [5.74, 6) is 0.459. The third-order valence-electron chi connectivity index (χ3n) is 7.33. The van der Waals surface area contributed by atoms with Gasteiger partial charge in [-0.3, -0.25) is 4.79 Å². The Balaban J connectivity index is 1.28. The summed E-state index contributed by atoms with van der Waals surface area (Å²) in [7, 11) is 3.56. The zero-order valence-electron chi connectivity index (χ0n) is 23.6. The van der Waals surface area contributed by atoms with Crippen LogP contribution in [0.5, 0.6) is 5.75 Å². The van der Waals surface area contributed by atoms with E-state index < -0.39 is 12.1 Å². The average molecular weight is 603 g/mol. The van der Waals surface area contributed by atoms with Crippen LogP contribution in [0, 0.1) is 5.92 Å². The van der Waals surface area contributed by atoms with Crippen molar-refractivity contribution in [1.29, 1.82) is 0 Å². The van der Waals surface area contributed by atoms with Crippen molar-refractivity contribution in [2.24, 2.45) is 5.92 Å². The van der Waals surface area contributed by atoms with Crippen LogP contribution < -0.4 is 10.1 Å². The lowest BCUT2D eigenvalue weighted by atomic mass is 9.88. The van der Waals surface area contributed by atoms with Crippen molar-refractivity contribution in [1.82, 2.24) is 9.62 Å². The molecule has 1 heterocycles. The average Bonchev–Trinajstić information content (AvgIpc) is 3.47. The number of hydrogen-bond donors (Lipinski definition) is 3. The van der Waals surface area contributed by atoms with Gasteiger partial charge in [0.1, 0.15) is 10.1 Å². The molecule has 3 aromatic rings. The van der Waals surface area contributed by atoms with Gasteiger partial charge in [-0.1, -0.05) is 41.9 Å². The highest BCUT2D eigenvalue weighted by Gasteiger charge is 2.28. The number of nitrogens with one attached hydrogen (secondary N) is 1. The highest BCUT2D eigenvalue weighted by Crippen LogP contribution is 2.42. The van der Waals surface area contributed by atoms with E-state index in [1.807, 2.05) is 35.6 Å². The van der Waals surface area contributed by atoms with Crippen molar-refractivity contribution in [3.8, 4) is 16.9 Å². The molecule has 1 aliphatic carbocycles. The molecule has 0 spiro atoms. The topological polar surface area (TPSA) is 82.0 Å². The van der Waals surface area contributed by atoms with E-state index >= 15 is 0 Å². The van der Waals surface area contributed by atoms with Crippen LogP contribution in [-0.4, -0.2) is 59.4 Å². The second kappa shape index (κ2) is 13.7. The van der Waals surface area contributed by atoms with Gasteiger partial charge in [-0.05, 0) is 105 Å². The van der Waals surface area contributed by atoms with E-state index in [2.05, 4.69) is 43.4 Å². The van der Waals surface area contributed by atoms with Crippen LogP contribution in [0.15, 0.2) is 52.7 Å². The number of thiophene rings is 1. The Morgan fingerprint density at radius 3 is 2.58 bits per heavy atom. The second-order valence-corrected chi connectivity index (χ2v) is 14.4. The summed E-state index contributed by atoms with van der Waals surface area (Å²) in [5.41, 5.74) is 5.56. The first-order valence-corrected chi connectivity index (χ1v) is 15.6. The molecule has 3 N–H and O–H groups in total. The van der Waals surface area contributed by atoms with Crippen LogP contribution in [0.2, 0.25) is 4.34 Å². The molecule has 0 aliphatic heterocycles. The lowest BCUT2D eigenvalue weighted by molar-refractivity contribution is -0.136. The Morgan fingerprint density at radius 2 is 1.93 bits per heavy atom. The highest BCUT2D eigenvalue weighted by atomic mass is 35.5. The minimum atomic E-state index is -0.844. The number of carboxylic acid groups (broad SMARTS) is 1. The maximum Gasteiger partial charge on any atom is 0.303 e. The molecule has 0 radical (unpaired) electrons. The fourth-order valence-electron chi connectivity index (χ4n) is 5.51. The molecular formula is C31H39ClN2O4S2. The van der Waals surface area contributed by atoms with Gasteiger partial charge in [0.25, 0.3) is 0 Å². The van der Waals surface area contributed by atoms with Crippen molar-refractivity contribution in [3.63, 3.8) is 0 Å². The molecule has 0 bridgehead atoms. The summed E-state index contributed by atoms with van der Waals surface area (Å²) in [5, 5.41) is 23.5. The Bertz CT molecular complexity index is 1290. The van der Waals surface area contributed by atoms with Crippen LogP contribution in [0.25, 0.3) is 11.1 Å². The maximum absolute atomic E-state index is 11.1. The Kier molecular flexibility index (Phi) is 10.6. The number of β-amino-alcohol motifs (C(OH)–C–C–N with tert-alkyl or cyclic N) is 1. The van der Waals surface area contributed by atoms with E-state index in [0.29, 0.717) is 35.5 Å². The van der Waals surface area contributed by atoms with E-state index in [1.54, 1.807) is 19.1 Å². The smallest absolute Gasteiger partial charge is 0.303 e. The van der Waals surface area contributed by atoms with Crippen molar-refractivity contribution in [2.75, 3.05) is 27.2 Å². The van der Waals surface area contributed by atoms with Gasteiger partial charge < -0.3 is 20.3 Å². The van der Waals surface area contributed by atoms with Crippen LogP contribution in [0.3, 0.4) is 0 Å². The predicted octanol–water partition coefficient (Wildman–Crippen LogP) is 6.57. The number of aliphatic hydroxyl groups excluding tert-OH is 1. The number of hydrogen-bond acceptors (Lipinski definition) is 7. The quantitative estimate of drug-likeness (QED) is 0.180. The minimum absolute atomic E-state index is 0.0340. The van der Waals surface area contributed by atoms with Crippen LogP contribution in [0.4, 0.5) is 0 Å². The van der Waals surface area contributed by atoms with Gasteiger partial charge in [-0.25, -0.2) is 4.31 Å². The molecular weight excluding hydrogens is 564 g/mol. The number of nitrogens with zero attached hydrogens (tertiary/aromatic N) is 1. The molecule has 2 aromatic carbocycles. The molecule has 4 rings (SSSR count). The van der Waals surface area contributed by atoms with Gasteiger partial charge in [0, 0.05) is 30.6 Å². The van der Waals surface area contributed by atoms with E-state index in [4.69, 9.17) is 21.4 Å². The second-order valence-electron chi connectivity index (χ2n) is 11.2. The molecule has 9 heteroatoms. The van der Waals surface area contributed by atoms with Crippen LogP contribution in [0.1, 0.15) is 43.4 Å². The molecule has 216 valence electrons. The number of aliphatic carboxylic acids is 1. The fourth-order valence-corrected chi connectivity index (χ4v) is 8.20. The summed E-state index contributed by atoms with van der Waals surface area (Å²) in [6.07, 6.45) is 3.25. The molecule has 0 fully saturated rings. The number of likely N-dealkylation sites (N-methyl/N-ethyl adjacent to an activating group) is 1. The van der Waals surface area contributed by atoms with Crippen LogP contribution >= 0.6 is 34.9 Å². The Hall–Kier alpha value is -2.07. The third kappa shape index (κ3) is 8.47. The monoisotopic (exact) mass is 602 g/mol. The van der Waals surface area contributed by atoms with Gasteiger partial charge in [0.2, 0.25) is 0 Å². The fraction of sp³-hybridized carbons (Fsp3) is 0.452. The number of ether oxygens (including phenoxy) is 1. The number of aryl methyl sites for hydroxylation is 1. The lowest BCUT2D eigenvalue weighted by Crippen LogP contribution is -2.46. The number of methoxy groups -OCH3 is 1. The van der Waals surface area contributed by atoms with E-state index in [1.165, 1.54) is 22.5 Å². The number of carbonyl (C=O) groups is 1. The summed E-state index contributed by atoms with van der Waals surface area (Å²) >= 11 is 9.67. The molecule has 1 aliphatic rings. The molecule has 0 amide bonds. The van der Waals surface area contributed by atoms with E-state index in [9.17, 15) is 9.90 Å². The normalized spacial score (nSPS) is 14.5. The summed E-state index contributed by atoms with van der Waals surface area (Å²) in [6, 6.07) is 16.5. The summed E-state index contributed by atoms with van der Waals surface area (Å²) in [6.45, 7) is 5.49. The zero-order chi connectivity index (χ0) is 28.9. The minimum Gasteiger partial charge on any atom is -0.496 e. The van der Waals surface area contributed by atoms with Crippen molar-refractivity contribution < 1.29 is 19.7 Å². The first-order chi connectivity index (χ1) is 19.0. The van der Waals surface area contributed by atoms with Crippen LogP contribution in [-0.2, 0) is 24.1 Å². The van der Waals surface area contributed by atoms with Crippen molar-refractivity contribution >= 4 is 40.9 Å². The molecule has 1 aromatic heterocycles. The molecule has 6 nitrogen and oxygen atoms in total. The number of fused-ring (bicyclic) bond motifs is 1. The van der Waals surface area contributed by atoms with E-state index in [-0.39, 0.29) is 12.0 Å². The first kappa shape index (κ1) is 30.9. The zero-order valence-corrected chi connectivity index (χ0v) is 26.0. The number of carboxylic acids is 1. The number of halogens is 1. The number of aliphatic hydroxyl groups is 1. The Labute approximate surface area is 250 Å². The SMILES string of the molecule is COc1ccc(-c2cc(SN(C)C[C@H](O)CNC(C)(C)CC3Cc4ccccc4C3)sc2Cl)cc1CCC(=O)O. The lowest BCUT2D eigenvalue weighted by Gasteiger charge is -2.31. The molecule has 0 saturated carbocycles. The van der Waals surface area contributed by atoms with E-state index in [0.717, 1.165) is 40.2 Å². The highest BCUT2D eigenvalue weighted by molar-refractivity contribution is 7.99. The van der Waals surface area contributed by atoms with Gasteiger partial charge in [0.05, 0.1) is 17.4 Å². The van der Waals surface area contributed by atoms with Gasteiger partial charge in [0.15, 0.2) is 0 Å². The molecule has 1 atom stereocenters. The molecule has 40 heavy (non-hydrogen) atoms. The standard InChI is InChI=1S/C31H39ClN2O4S2/c1-31(2,17-20-13-21-7-5-6-8-22(21)14-20)33-18-25(35)19-34(3)40-29-16-26(30(32)39-29)23-9-11-27(38-4)24(15-23)10-12-28(36)37/h5-9,11,15-16,20,25,33,35H,10,12-14,17-19H2,1-4H3,(H,36,37)/t25-/m1/s1. The first-order valence-electron chi connectivity index (χ1n) is 13.6. The third-order valence-corrected chi connectivity index (χ3v) is 9.71. The predicted molar refractivity (Wildman–Crippen MR) is 166 cm³/mol. The maximum atomic E-state index is 11.1. The van der Waals surface area contributed by atoms with Gasteiger partial charge in [-0.2, -0.15) is 0 Å². The number of rotatable bonds is 14. The summed E-state index contributed by atoms with van der Waals surface area (Å²) < 4.78 is 9.14.